The van der Waals surface area contributed by atoms with E-state index in [1.165, 1.54) is 12.1 Å². The predicted octanol–water partition coefficient (Wildman–Crippen LogP) is 1.55. The summed E-state index contributed by atoms with van der Waals surface area (Å²) in [5.74, 6) is 0. The molecule has 1 radical (unpaired) electrons. The number of nitrogens with zero attached hydrogens (tertiary/aromatic N) is 2. The van der Waals surface area contributed by atoms with E-state index in [0.29, 0.717) is 5.03 Å². The zero-order valence-electron chi connectivity index (χ0n) is 4.85. The van der Waals surface area contributed by atoms with Gasteiger partial charge in [-0.2, -0.15) is 0 Å². The number of hydrogen-bond acceptors (Lipinski definition) is 3. The maximum absolute atomic E-state index is 10.0. The van der Waals surface area contributed by atoms with Gasteiger partial charge in [0.25, 0.3) is 5.69 Å². The van der Waals surface area contributed by atoms with Crippen LogP contribution in [0.15, 0.2) is 23.4 Å². The Labute approximate surface area is 62.5 Å². The molecule has 10 heavy (non-hydrogen) atoms. The maximum Gasteiger partial charge on any atom is 0.287 e. The lowest BCUT2D eigenvalue weighted by Crippen LogP contribution is -1.87. The van der Waals surface area contributed by atoms with Crippen LogP contribution in [0.5, 0.6) is 0 Å². The van der Waals surface area contributed by atoms with Gasteiger partial charge >= 0.3 is 0 Å². The van der Waals surface area contributed by atoms with E-state index in [4.69, 9.17) is 0 Å². The molecule has 51 valence electrons. The van der Waals surface area contributed by atoms with E-state index in [0.717, 1.165) is 6.20 Å². The summed E-state index contributed by atoms with van der Waals surface area (Å²) >= 11 is 4.62. The largest absolute Gasteiger partial charge is 0.287 e. The number of rotatable bonds is 1. The Morgan fingerprint density at radius 2 is 2.30 bits per heavy atom. The summed E-state index contributed by atoms with van der Waals surface area (Å²) in [7, 11) is 0. The molecule has 1 rings (SSSR count). The first-order valence-corrected chi connectivity index (χ1v) is 2.88. The maximum atomic E-state index is 10.0. The summed E-state index contributed by atoms with van der Waals surface area (Å²) in [5, 5.41) is 10.4. The van der Waals surface area contributed by atoms with Gasteiger partial charge in [-0.05, 0) is 6.07 Å². The zero-order valence-corrected chi connectivity index (χ0v) is 5.67. The Hall–Kier alpha value is -1.23. The van der Waals surface area contributed by atoms with Gasteiger partial charge in [0.05, 0.1) is 4.92 Å². The van der Waals surface area contributed by atoms with Crippen molar-refractivity contribution in [2.24, 2.45) is 0 Å². The molecule has 5 heteroatoms. The van der Waals surface area contributed by atoms with E-state index in [9.17, 15) is 10.1 Å². The van der Waals surface area contributed by atoms with Crippen LogP contribution in [0, 0.1) is 10.1 Å². The van der Waals surface area contributed by atoms with Crippen LogP contribution in [-0.4, -0.2) is 9.91 Å². The molecule has 0 fully saturated rings. The van der Waals surface area contributed by atoms with Crippen molar-refractivity contribution in [3.05, 3.63) is 28.4 Å². The first-order valence-electron chi connectivity index (χ1n) is 2.47. The van der Waals surface area contributed by atoms with Crippen LogP contribution in [0.4, 0.5) is 5.69 Å². The van der Waals surface area contributed by atoms with E-state index in [2.05, 4.69) is 17.6 Å². The third-order valence-electron chi connectivity index (χ3n) is 0.932. The molecule has 1 heterocycles. The molecule has 4 nitrogen and oxygen atoms in total. The van der Waals surface area contributed by atoms with Crippen LogP contribution in [0.25, 0.3) is 0 Å². The Morgan fingerprint density at radius 3 is 2.70 bits per heavy atom. The van der Waals surface area contributed by atoms with Crippen LogP contribution in [-0.2, 0) is 0 Å². The minimum absolute atomic E-state index is 0.0337. The van der Waals surface area contributed by atoms with Gasteiger partial charge in [0.1, 0.15) is 11.2 Å². The van der Waals surface area contributed by atoms with Gasteiger partial charge in [-0.1, -0.05) is 12.6 Å². The summed E-state index contributed by atoms with van der Waals surface area (Å²) in [6.45, 7) is 0. The van der Waals surface area contributed by atoms with E-state index >= 15 is 0 Å². The van der Waals surface area contributed by atoms with E-state index in [1.54, 1.807) is 0 Å². The highest BCUT2D eigenvalue weighted by Gasteiger charge is 2.02. The second-order valence-electron chi connectivity index (χ2n) is 1.61. The molecule has 0 spiro atoms. The average Bonchev–Trinajstić information content (AvgIpc) is 1.88. The molecule has 1 aromatic heterocycles. The van der Waals surface area contributed by atoms with Gasteiger partial charge < -0.3 is 0 Å². The quantitative estimate of drug-likeness (QED) is 0.456. The highest BCUT2D eigenvalue weighted by atomic mass is 32.1. The number of nitro groups is 1. The van der Waals surface area contributed by atoms with Gasteiger partial charge in [-0.25, -0.2) is 4.98 Å². The van der Waals surface area contributed by atoms with Gasteiger partial charge in [-0.15, -0.1) is 0 Å². The molecule has 0 aromatic carbocycles. The van der Waals surface area contributed by atoms with Gasteiger partial charge in [-0.3, -0.25) is 10.1 Å². The van der Waals surface area contributed by atoms with Gasteiger partial charge in [0.15, 0.2) is 0 Å². The van der Waals surface area contributed by atoms with Crippen LogP contribution in [0.2, 0.25) is 0 Å². The molecule has 0 saturated heterocycles. The van der Waals surface area contributed by atoms with Crippen molar-refractivity contribution in [1.29, 1.82) is 0 Å². The lowest BCUT2D eigenvalue weighted by Gasteiger charge is -1.88. The lowest BCUT2D eigenvalue weighted by molar-refractivity contribution is -0.385. The second-order valence-corrected chi connectivity index (χ2v) is 2.03. The molecule has 0 aliphatic heterocycles. The van der Waals surface area contributed by atoms with Gasteiger partial charge in [0, 0.05) is 6.07 Å². The van der Waals surface area contributed by atoms with E-state index in [1.807, 2.05) is 0 Å². The van der Waals surface area contributed by atoms with Crippen molar-refractivity contribution >= 4 is 18.3 Å². The molecule has 1 aromatic rings. The molecular weight excluding hydrogens is 152 g/mol. The molecule has 0 atom stereocenters. The Kier molecular flexibility index (Phi) is 1.77. The highest BCUT2D eigenvalue weighted by molar-refractivity contribution is 7.80. The Morgan fingerprint density at radius 1 is 1.60 bits per heavy atom. The van der Waals surface area contributed by atoms with Crippen molar-refractivity contribution in [2.75, 3.05) is 0 Å². The average molecular weight is 155 g/mol. The molecule has 0 amide bonds. The lowest BCUT2D eigenvalue weighted by atomic mass is 10.4. The van der Waals surface area contributed by atoms with Crippen LogP contribution in [0.3, 0.4) is 0 Å². The summed E-state index contributed by atoms with van der Waals surface area (Å²) in [5.41, 5.74) is -0.0337. The summed E-state index contributed by atoms with van der Waals surface area (Å²) in [6.07, 6.45) is 1.14. The monoisotopic (exact) mass is 155 g/mol. The summed E-state index contributed by atoms with van der Waals surface area (Å²) in [6, 6.07) is 2.75. The normalized spacial score (nSPS) is 9.20. The van der Waals surface area contributed by atoms with Crippen LogP contribution >= 0.6 is 12.6 Å². The number of aromatic nitrogens is 1. The SMILES string of the molecule is O=[N+]([O-])c1ccc([S])nc1. The second kappa shape index (κ2) is 2.57. The molecule has 0 bridgehead atoms. The molecule has 0 unspecified atom stereocenters. The highest BCUT2D eigenvalue weighted by Crippen LogP contribution is 2.09. The van der Waals surface area contributed by atoms with Crippen molar-refractivity contribution in [2.45, 2.75) is 5.03 Å². The fourth-order valence-electron chi connectivity index (χ4n) is 0.480. The fraction of sp³-hybridized carbons (Fsp3) is 0. The fourth-order valence-corrected chi connectivity index (χ4v) is 0.601. The smallest absolute Gasteiger partial charge is 0.258 e. The van der Waals surface area contributed by atoms with Crippen molar-refractivity contribution in [1.82, 2.24) is 4.98 Å². The predicted molar refractivity (Wildman–Crippen MR) is 36.7 cm³/mol. The van der Waals surface area contributed by atoms with Gasteiger partial charge in [0.2, 0.25) is 0 Å². The number of pyridine rings is 1. The number of hydrogen-bond donors (Lipinski definition) is 0. The first kappa shape index (κ1) is 6.88. The summed E-state index contributed by atoms with van der Waals surface area (Å²) in [4.78, 5) is 13.1. The third kappa shape index (κ3) is 1.38. The first-order chi connectivity index (χ1) is 4.70. The summed E-state index contributed by atoms with van der Waals surface area (Å²) < 4.78 is 0. The molecule has 0 N–H and O–H groups in total. The minimum Gasteiger partial charge on any atom is -0.258 e. The van der Waals surface area contributed by atoms with Crippen molar-refractivity contribution in [3.63, 3.8) is 0 Å². The Balaban J connectivity index is 3.00. The zero-order chi connectivity index (χ0) is 7.56. The molecule has 0 aliphatic carbocycles. The van der Waals surface area contributed by atoms with E-state index < -0.39 is 4.92 Å². The molecule has 0 saturated carbocycles. The van der Waals surface area contributed by atoms with Crippen LogP contribution in [0.1, 0.15) is 0 Å². The molecule has 0 aliphatic rings. The Bertz CT molecular complexity index is 246. The van der Waals surface area contributed by atoms with Crippen molar-refractivity contribution < 1.29 is 4.92 Å². The van der Waals surface area contributed by atoms with Crippen molar-refractivity contribution in [3.8, 4) is 0 Å². The van der Waals surface area contributed by atoms with Crippen LogP contribution < -0.4 is 0 Å². The topological polar surface area (TPSA) is 56.0 Å². The third-order valence-corrected chi connectivity index (χ3v) is 1.17. The minimum atomic E-state index is -0.512. The standard InChI is InChI=1S/C5H3N2O2S/c8-7(9)4-1-2-5(10)6-3-4/h1-3H. The molecular formula is C5H3N2O2S. The van der Waals surface area contributed by atoms with E-state index in [-0.39, 0.29) is 5.69 Å².